The lowest BCUT2D eigenvalue weighted by Crippen LogP contribution is -2.38. The van der Waals surface area contributed by atoms with Crippen LogP contribution in [0.1, 0.15) is 43.0 Å². The lowest BCUT2D eigenvalue weighted by molar-refractivity contribution is -0.125. The molecule has 1 fully saturated rings. The van der Waals surface area contributed by atoms with Gasteiger partial charge in [0, 0.05) is 43.4 Å². The van der Waals surface area contributed by atoms with Crippen molar-refractivity contribution in [3.05, 3.63) is 81.6 Å². The van der Waals surface area contributed by atoms with Crippen molar-refractivity contribution >= 4 is 29.0 Å². The van der Waals surface area contributed by atoms with E-state index in [0.717, 1.165) is 24.0 Å². The molecule has 5 rings (SSSR count). The first-order valence-corrected chi connectivity index (χ1v) is 13.3. The van der Waals surface area contributed by atoms with Gasteiger partial charge < -0.3 is 29.4 Å². The number of nitrogens with one attached hydrogen (secondary N) is 2. The van der Waals surface area contributed by atoms with Crippen molar-refractivity contribution in [1.29, 1.82) is 0 Å². The number of benzene rings is 1. The maximum atomic E-state index is 13.4. The van der Waals surface area contributed by atoms with Crippen LogP contribution in [0, 0.1) is 6.92 Å². The Bertz CT molecular complexity index is 1540. The van der Waals surface area contributed by atoms with Gasteiger partial charge in [-0.2, -0.15) is 0 Å². The van der Waals surface area contributed by atoms with Crippen molar-refractivity contribution in [2.24, 2.45) is 0 Å². The maximum absolute atomic E-state index is 13.4. The topological polar surface area (TPSA) is 123 Å². The number of rotatable bonds is 8. The van der Waals surface area contributed by atoms with Crippen LogP contribution in [-0.4, -0.2) is 55.8 Å². The Morgan fingerprint density at radius 3 is 2.79 bits per heavy atom. The number of aliphatic hydroxyl groups excluding tert-OH is 1. The molecule has 10 nitrogen and oxygen atoms in total. The molecule has 0 radical (unpaired) electrons. The quantitative estimate of drug-likeness (QED) is 0.307. The average molecular weight is 551 g/mol. The van der Waals surface area contributed by atoms with E-state index in [4.69, 9.17) is 16.3 Å². The molecule has 0 aliphatic carbocycles. The minimum atomic E-state index is -0.808. The highest BCUT2D eigenvalue weighted by atomic mass is 35.5. The van der Waals surface area contributed by atoms with E-state index >= 15 is 0 Å². The van der Waals surface area contributed by atoms with E-state index in [1.165, 1.54) is 4.57 Å². The third-order valence-corrected chi connectivity index (χ3v) is 7.28. The smallest absolute Gasteiger partial charge is 0.275 e. The van der Waals surface area contributed by atoms with Crippen LogP contribution in [0.5, 0.6) is 0 Å². The minimum Gasteiger partial charge on any atom is -0.394 e. The van der Waals surface area contributed by atoms with Gasteiger partial charge in [-0.15, -0.1) is 0 Å². The summed E-state index contributed by atoms with van der Waals surface area (Å²) in [6.07, 6.45) is 8.34. The Morgan fingerprint density at radius 2 is 2.05 bits per heavy atom. The van der Waals surface area contributed by atoms with Gasteiger partial charge >= 0.3 is 0 Å². The number of aryl methyl sites for hydroxylation is 1. The van der Waals surface area contributed by atoms with E-state index in [1.54, 1.807) is 42.2 Å². The summed E-state index contributed by atoms with van der Waals surface area (Å²) in [6.45, 7) is 4.72. The summed E-state index contributed by atoms with van der Waals surface area (Å²) >= 11 is 6.45. The molecule has 0 spiro atoms. The Morgan fingerprint density at radius 1 is 1.26 bits per heavy atom. The van der Waals surface area contributed by atoms with E-state index in [-0.39, 0.29) is 24.1 Å². The summed E-state index contributed by atoms with van der Waals surface area (Å²) in [5.74, 6) is 0.0859. The normalized spacial score (nSPS) is 15.7. The van der Waals surface area contributed by atoms with Gasteiger partial charge in [0.1, 0.15) is 11.6 Å². The van der Waals surface area contributed by atoms with Gasteiger partial charge in [-0.1, -0.05) is 41.4 Å². The zero-order valence-corrected chi connectivity index (χ0v) is 22.6. The number of hydrogen-bond donors (Lipinski definition) is 3. The lowest BCUT2D eigenvalue weighted by Gasteiger charge is -2.23. The number of hydrogen-bond acceptors (Lipinski definition) is 7. The van der Waals surface area contributed by atoms with Gasteiger partial charge in [0.25, 0.3) is 5.56 Å². The zero-order chi connectivity index (χ0) is 27.5. The molecule has 1 aliphatic rings. The van der Waals surface area contributed by atoms with Gasteiger partial charge in [-0.3, -0.25) is 9.59 Å². The molecule has 0 unspecified atom stereocenters. The molecule has 4 aromatic rings. The first-order valence-electron chi connectivity index (χ1n) is 12.9. The lowest BCUT2D eigenvalue weighted by atomic mass is 10.0. The van der Waals surface area contributed by atoms with Crippen LogP contribution in [0.3, 0.4) is 0 Å². The summed E-state index contributed by atoms with van der Waals surface area (Å²) in [4.78, 5) is 35.5. The predicted octanol–water partition coefficient (Wildman–Crippen LogP) is 3.52. The molecule has 0 bridgehead atoms. The molecule has 1 aromatic carbocycles. The van der Waals surface area contributed by atoms with Crippen LogP contribution in [-0.2, 0) is 9.53 Å². The van der Waals surface area contributed by atoms with E-state index in [2.05, 4.69) is 20.6 Å². The van der Waals surface area contributed by atoms with Gasteiger partial charge in [0.15, 0.2) is 0 Å². The third kappa shape index (κ3) is 5.83. The van der Waals surface area contributed by atoms with Crippen molar-refractivity contribution < 1.29 is 14.6 Å². The number of nitrogens with zero attached hydrogens (tertiary/aromatic N) is 4. The highest BCUT2D eigenvalue weighted by molar-refractivity contribution is 6.32. The average Bonchev–Trinajstić information content (AvgIpc) is 3.38. The second-order valence-corrected chi connectivity index (χ2v) is 10.2. The van der Waals surface area contributed by atoms with Crippen molar-refractivity contribution in [2.45, 2.75) is 44.8 Å². The van der Waals surface area contributed by atoms with E-state index < -0.39 is 12.1 Å². The fourth-order valence-electron chi connectivity index (χ4n) is 4.76. The monoisotopic (exact) mass is 550 g/mol. The van der Waals surface area contributed by atoms with E-state index in [0.29, 0.717) is 41.0 Å². The van der Waals surface area contributed by atoms with Gasteiger partial charge in [-0.25, -0.2) is 9.97 Å². The Kier molecular flexibility index (Phi) is 7.97. The van der Waals surface area contributed by atoms with Gasteiger partial charge in [0.2, 0.25) is 11.9 Å². The number of ether oxygens (including phenoxy) is 1. The number of aliphatic hydroxyl groups is 1. The van der Waals surface area contributed by atoms with Crippen LogP contribution in [0.4, 0.5) is 5.95 Å². The first kappa shape index (κ1) is 26.9. The van der Waals surface area contributed by atoms with Crippen LogP contribution >= 0.6 is 11.6 Å². The molecule has 11 heteroatoms. The van der Waals surface area contributed by atoms with Gasteiger partial charge in [-0.05, 0) is 38.3 Å². The molecule has 3 N–H and O–H groups in total. The largest absolute Gasteiger partial charge is 0.394 e. The van der Waals surface area contributed by atoms with Crippen LogP contribution < -0.4 is 16.2 Å². The van der Waals surface area contributed by atoms with Crippen molar-refractivity contribution in [1.82, 2.24) is 24.3 Å². The molecule has 39 heavy (non-hydrogen) atoms. The molecule has 4 heterocycles. The van der Waals surface area contributed by atoms with Crippen molar-refractivity contribution in [3.63, 3.8) is 0 Å². The molecule has 3 aromatic heterocycles. The Labute approximate surface area is 230 Å². The summed E-state index contributed by atoms with van der Waals surface area (Å²) in [6, 6.07) is 8.12. The number of aromatic nitrogens is 4. The summed E-state index contributed by atoms with van der Waals surface area (Å²) < 4.78 is 8.47. The molecular formula is C28H31ClN6O4. The van der Waals surface area contributed by atoms with Crippen molar-refractivity contribution in [2.75, 3.05) is 25.1 Å². The number of halogens is 1. The number of amides is 1. The zero-order valence-electron chi connectivity index (χ0n) is 21.8. The second kappa shape index (κ2) is 11.6. The highest BCUT2D eigenvalue weighted by Crippen LogP contribution is 2.28. The highest BCUT2D eigenvalue weighted by Gasteiger charge is 2.22. The molecule has 1 aliphatic heterocycles. The molecular weight excluding hydrogens is 520 g/mol. The van der Waals surface area contributed by atoms with Crippen LogP contribution in [0.2, 0.25) is 5.02 Å². The van der Waals surface area contributed by atoms with Crippen LogP contribution in [0.15, 0.2) is 59.9 Å². The van der Waals surface area contributed by atoms with E-state index in [9.17, 15) is 14.7 Å². The SMILES string of the molecule is Cc1cccc([C@@H](CO)NC(=O)[C@@H](C)n2ccn3cc(-c4nc(NC5CCOCC5)ncc4Cl)cc3c2=O)c1. The maximum Gasteiger partial charge on any atom is 0.275 e. The predicted molar refractivity (Wildman–Crippen MR) is 149 cm³/mol. The van der Waals surface area contributed by atoms with Gasteiger partial charge in [0.05, 0.1) is 29.6 Å². The van der Waals surface area contributed by atoms with Crippen LogP contribution in [0.25, 0.3) is 16.8 Å². The first-order chi connectivity index (χ1) is 18.8. The number of fused-ring (bicyclic) bond motifs is 1. The van der Waals surface area contributed by atoms with Crippen molar-refractivity contribution in [3.8, 4) is 11.3 Å². The summed E-state index contributed by atoms with van der Waals surface area (Å²) in [5, 5.41) is 16.5. The van der Waals surface area contributed by atoms with E-state index in [1.807, 2.05) is 31.2 Å². The Hall–Kier alpha value is -3.73. The second-order valence-electron chi connectivity index (χ2n) is 9.79. The minimum absolute atomic E-state index is 0.220. The molecule has 204 valence electrons. The molecule has 1 amide bonds. The molecule has 2 atom stereocenters. The number of anilines is 1. The Balaban J connectivity index is 1.39. The number of carbonyl (C=O) groups is 1. The molecule has 1 saturated heterocycles. The fraction of sp³-hybridized carbons (Fsp3) is 0.357. The number of carbonyl (C=O) groups excluding carboxylic acids is 1. The fourth-order valence-corrected chi connectivity index (χ4v) is 4.96. The third-order valence-electron chi connectivity index (χ3n) is 7.00. The summed E-state index contributed by atoms with van der Waals surface area (Å²) in [7, 11) is 0. The summed E-state index contributed by atoms with van der Waals surface area (Å²) in [5.41, 5.74) is 3.01. The molecule has 0 saturated carbocycles. The standard InChI is InChI=1S/C28H31ClN6O4/c1-17-4-3-5-19(12-17)23(16-36)32-26(37)18(2)35-9-8-34-15-20(13-24(34)27(35)38)25-22(29)14-30-28(33-25)31-21-6-10-39-11-7-21/h3-5,8-9,12-15,18,21,23,36H,6-7,10-11,16H2,1-2H3,(H,32,37)(H,30,31,33)/t18-,23-/m1/s1.